The molecule has 18 heavy (non-hydrogen) atoms. The SMILES string of the molecule is CCC1N=C(Cl)Nc2c1nnn2-c1ccccc1. The second-order valence-corrected chi connectivity index (χ2v) is 4.40. The van der Waals surface area contributed by atoms with Crippen molar-refractivity contribution in [2.75, 3.05) is 5.32 Å². The van der Waals surface area contributed by atoms with Gasteiger partial charge in [0.25, 0.3) is 0 Å². The van der Waals surface area contributed by atoms with E-state index in [1.807, 2.05) is 30.3 Å². The Balaban J connectivity index is 2.10. The van der Waals surface area contributed by atoms with Crippen LogP contribution in [0.25, 0.3) is 5.69 Å². The molecule has 5 nitrogen and oxygen atoms in total. The first-order valence-corrected chi connectivity index (χ1v) is 6.18. The molecule has 1 atom stereocenters. The maximum atomic E-state index is 6.00. The van der Waals surface area contributed by atoms with Gasteiger partial charge in [-0.25, -0.2) is 4.99 Å². The highest BCUT2D eigenvalue weighted by molar-refractivity contribution is 6.67. The lowest BCUT2D eigenvalue weighted by Gasteiger charge is -2.17. The van der Waals surface area contributed by atoms with Crippen molar-refractivity contribution in [3.8, 4) is 5.69 Å². The number of amidine groups is 1. The topological polar surface area (TPSA) is 55.1 Å². The summed E-state index contributed by atoms with van der Waals surface area (Å²) in [5.41, 5.74) is 1.78. The maximum absolute atomic E-state index is 6.00. The lowest BCUT2D eigenvalue weighted by Crippen LogP contribution is -2.17. The van der Waals surface area contributed by atoms with E-state index >= 15 is 0 Å². The van der Waals surface area contributed by atoms with Crippen molar-refractivity contribution < 1.29 is 0 Å². The van der Waals surface area contributed by atoms with Gasteiger partial charge in [-0.15, -0.1) is 5.10 Å². The maximum Gasteiger partial charge on any atom is 0.197 e. The molecule has 0 bridgehead atoms. The summed E-state index contributed by atoms with van der Waals surface area (Å²) in [4.78, 5) is 4.30. The van der Waals surface area contributed by atoms with Gasteiger partial charge in [0.15, 0.2) is 11.1 Å². The van der Waals surface area contributed by atoms with E-state index in [0.717, 1.165) is 23.6 Å². The molecule has 1 aromatic heterocycles. The Labute approximate surface area is 109 Å². The van der Waals surface area contributed by atoms with Crippen LogP contribution in [-0.2, 0) is 0 Å². The molecule has 0 fully saturated rings. The normalized spacial score (nSPS) is 17.9. The van der Waals surface area contributed by atoms with E-state index in [2.05, 4.69) is 27.5 Å². The quantitative estimate of drug-likeness (QED) is 0.846. The number of rotatable bonds is 2. The number of halogens is 1. The van der Waals surface area contributed by atoms with Crippen LogP contribution >= 0.6 is 11.6 Å². The Hall–Kier alpha value is -1.88. The predicted molar refractivity (Wildman–Crippen MR) is 71.3 cm³/mol. The third-order valence-electron chi connectivity index (χ3n) is 2.89. The number of hydrogen-bond donors (Lipinski definition) is 1. The average molecular weight is 262 g/mol. The third-order valence-corrected chi connectivity index (χ3v) is 3.08. The zero-order chi connectivity index (χ0) is 12.5. The Morgan fingerprint density at radius 1 is 1.33 bits per heavy atom. The summed E-state index contributed by atoms with van der Waals surface area (Å²) in [6, 6.07) is 9.79. The second-order valence-electron chi connectivity index (χ2n) is 4.04. The van der Waals surface area contributed by atoms with Crippen molar-refractivity contribution in [1.82, 2.24) is 15.0 Å². The fourth-order valence-electron chi connectivity index (χ4n) is 2.00. The van der Waals surface area contributed by atoms with Gasteiger partial charge in [-0.3, -0.25) is 0 Å². The fourth-order valence-corrected chi connectivity index (χ4v) is 2.20. The van der Waals surface area contributed by atoms with Crippen molar-refractivity contribution >= 4 is 22.7 Å². The first kappa shape index (κ1) is 11.2. The zero-order valence-corrected chi connectivity index (χ0v) is 10.6. The number of fused-ring (bicyclic) bond motifs is 1. The molecule has 0 saturated heterocycles. The van der Waals surface area contributed by atoms with E-state index in [1.54, 1.807) is 4.68 Å². The summed E-state index contributed by atoms with van der Waals surface area (Å²) in [6.45, 7) is 2.05. The molecule has 1 aliphatic heterocycles. The summed E-state index contributed by atoms with van der Waals surface area (Å²) in [5, 5.41) is 11.8. The van der Waals surface area contributed by atoms with Crippen LogP contribution in [0.1, 0.15) is 25.1 Å². The van der Waals surface area contributed by atoms with Gasteiger partial charge in [0.1, 0.15) is 11.7 Å². The van der Waals surface area contributed by atoms with Crippen LogP contribution in [0, 0.1) is 0 Å². The molecule has 0 amide bonds. The van der Waals surface area contributed by atoms with Crippen molar-refractivity contribution in [2.24, 2.45) is 4.99 Å². The zero-order valence-electron chi connectivity index (χ0n) is 9.84. The number of anilines is 1. The highest BCUT2D eigenvalue weighted by atomic mass is 35.5. The number of nitrogens with one attached hydrogen (secondary N) is 1. The molecule has 1 unspecified atom stereocenters. The molecular formula is C12H12ClN5. The number of aliphatic imine (C=N–C) groups is 1. The summed E-state index contributed by atoms with van der Waals surface area (Å²) in [5.74, 6) is 0.799. The minimum atomic E-state index is -0.0220. The van der Waals surface area contributed by atoms with E-state index in [1.165, 1.54) is 0 Å². The third kappa shape index (κ3) is 1.76. The average Bonchev–Trinajstić information content (AvgIpc) is 2.82. The number of hydrogen-bond acceptors (Lipinski definition) is 4. The molecular weight excluding hydrogens is 250 g/mol. The van der Waals surface area contributed by atoms with E-state index in [-0.39, 0.29) is 6.04 Å². The van der Waals surface area contributed by atoms with E-state index in [4.69, 9.17) is 11.6 Å². The van der Waals surface area contributed by atoms with Gasteiger partial charge in [0, 0.05) is 0 Å². The van der Waals surface area contributed by atoms with Gasteiger partial charge in [0.05, 0.1) is 5.69 Å². The van der Waals surface area contributed by atoms with Gasteiger partial charge >= 0.3 is 0 Å². The summed E-state index contributed by atoms with van der Waals surface area (Å²) >= 11 is 6.00. The molecule has 3 rings (SSSR count). The van der Waals surface area contributed by atoms with Crippen molar-refractivity contribution in [3.05, 3.63) is 36.0 Å². The molecule has 1 N–H and O–H groups in total. The Morgan fingerprint density at radius 3 is 2.83 bits per heavy atom. The van der Waals surface area contributed by atoms with Crippen LogP contribution in [0.4, 0.5) is 5.82 Å². The molecule has 0 radical (unpaired) electrons. The molecule has 6 heteroatoms. The Bertz CT molecular complexity index is 590. The minimum absolute atomic E-state index is 0.0220. The van der Waals surface area contributed by atoms with Crippen LogP contribution in [0.15, 0.2) is 35.3 Å². The van der Waals surface area contributed by atoms with E-state index in [9.17, 15) is 0 Å². The highest BCUT2D eigenvalue weighted by Crippen LogP contribution is 2.32. The largest absolute Gasteiger partial charge is 0.314 e. The van der Waals surface area contributed by atoms with Gasteiger partial charge in [0.2, 0.25) is 0 Å². The molecule has 2 heterocycles. The predicted octanol–water partition coefficient (Wildman–Crippen LogP) is 2.74. The Morgan fingerprint density at radius 2 is 2.11 bits per heavy atom. The number of para-hydroxylation sites is 1. The molecule has 2 aromatic rings. The first-order chi connectivity index (χ1) is 8.79. The van der Waals surface area contributed by atoms with Crippen molar-refractivity contribution in [2.45, 2.75) is 19.4 Å². The fraction of sp³-hybridized carbons (Fsp3) is 0.250. The highest BCUT2D eigenvalue weighted by Gasteiger charge is 2.26. The van der Waals surface area contributed by atoms with Gasteiger partial charge in [-0.05, 0) is 30.2 Å². The number of aromatic nitrogens is 3. The molecule has 92 valence electrons. The number of nitrogens with zero attached hydrogens (tertiary/aromatic N) is 4. The van der Waals surface area contributed by atoms with E-state index < -0.39 is 0 Å². The molecule has 1 aliphatic rings. The summed E-state index contributed by atoms with van der Waals surface area (Å²) in [7, 11) is 0. The minimum Gasteiger partial charge on any atom is -0.314 e. The molecule has 1 aromatic carbocycles. The van der Waals surface area contributed by atoms with E-state index in [0.29, 0.717) is 5.29 Å². The van der Waals surface area contributed by atoms with Crippen LogP contribution < -0.4 is 5.32 Å². The Kier molecular flexibility index (Phi) is 2.76. The monoisotopic (exact) mass is 261 g/mol. The summed E-state index contributed by atoms with van der Waals surface area (Å²) < 4.78 is 1.75. The van der Waals surface area contributed by atoms with Gasteiger partial charge < -0.3 is 5.32 Å². The van der Waals surface area contributed by atoms with Gasteiger partial charge in [-0.2, -0.15) is 4.68 Å². The lowest BCUT2D eigenvalue weighted by atomic mass is 10.1. The summed E-state index contributed by atoms with van der Waals surface area (Å²) in [6.07, 6.45) is 0.846. The van der Waals surface area contributed by atoms with Crippen LogP contribution in [-0.4, -0.2) is 20.3 Å². The lowest BCUT2D eigenvalue weighted by molar-refractivity contribution is 0.671. The standard InChI is InChI=1S/C12H12ClN5/c1-2-9-10-11(15-12(13)14-9)18(17-16-10)8-6-4-3-5-7-8/h3-7,9H,2H2,1H3,(H,14,15). The number of benzene rings is 1. The van der Waals surface area contributed by atoms with Gasteiger partial charge in [-0.1, -0.05) is 30.3 Å². The molecule has 0 aliphatic carbocycles. The van der Waals surface area contributed by atoms with Crippen molar-refractivity contribution in [3.63, 3.8) is 0 Å². The van der Waals surface area contributed by atoms with Crippen LogP contribution in [0.2, 0.25) is 0 Å². The second kappa shape index (κ2) is 4.42. The van der Waals surface area contributed by atoms with Crippen LogP contribution in [0.5, 0.6) is 0 Å². The smallest absolute Gasteiger partial charge is 0.197 e. The van der Waals surface area contributed by atoms with Crippen LogP contribution in [0.3, 0.4) is 0 Å². The first-order valence-electron chi connectivity index (χ1n) is 5.81. The van der Waals surface area contributed by atoms with Crippen molar-refractivity contribution in [1.29, 1.82) is 0 Å². The molecule has 0 saturated carbocycles. The molecule has 0 spiro atoms.